The van der Waals surface area contributed by atoms with E-state index in [1.165, 1.54) is 10.3 Å². The van der Waals surface area contributed by atoms with Crippen molar-refractivity contribution in [1.82, 2.24) is 9.97 Å². The predicted octanol–water partition coefficient (Wildman–Crippen LogP) is 6.25. The van der Waals surface area contributed by atoms with Crippen LogP contribution in [-0.4, -0.2) is 27.6 Å². The topological polar surface area (TPSA) is 75.1 Å². The smallest absolute Gasteiger partial charge is 0.307 e. The first kappa shape index (κ1) is 22.2. The second kappa shape index (κ2) is 10.1. The molecule has 32 heavy (non-hydrogen) atoms. The molecule has 2 aromatic heterocycles. The van der Waals surface area contributed by atoms with Crippen LogP contribution in [0.5, 0.6) is 0 Å². The molecule has 4 aromatic rings. The number of hydrogen-bond acceptors (Lipinski definition) is 5. The van der Waals surface area contributed by atoms with Gasteiger partial charge in [-0.05, 0) is 47.7 Å². The van der Waals surface area contributed by atoms with Crippen molar-refractivity contribution in [3.63, 3.8) is 0 Å². The van der Waals surface area contributed by atoms with Gasteiger partial charge in [0.1, 0.15) is 12.1 Å². The number of hydrogen-bond donors (Lipinski definition) is 2. The van der Waals surface area contributed by atoms with Gasteiger partial charge < -0.3 is 10.4 Å². The third kappa shape index (κ3) is 5.26. The Balaban J connectivity index is 1.46. The molecular weight excluding hydrogens is 442 g/mol. The van der Waals surface area contributed by atoms with Crippen molar-refractivity contribution in [3.8, 4) is 11.3 Å². The largest absolute Gasteiger partial charge is 0.481 e. The maximum atomic E-state index is 11.2. The molecule has 0 spiro atoms. The number of fused-ring (bicyclic) bond motifs is 1. The molecule has 0 aliphatic heterocycles. The molecule has 0 bridgehead atoms. The molecule has 0 fully saturated rings. The number of aromatic nitrogens is 2. The summed E-state index contributed by atoms with van der Waals surface area (Å²) in [5.41, 5.74) is 4.91. The molecule has 0 aliphatic rings. The van der Waals surface area contributed by atoms with E-state index in [0.29, 0.717) is 0 Å². The van der Waals surface area contributed by atoms with Gasteiger partial charge in [0.15, 0.2) is 0 Å². The first-order valence-corrected chi connectivity index (χ1v) is 11.8. The van der Waals surface area contributed by atoms with Crippen LogP contribution in [0.25, 0.3) is 21.3 Å². The van der Waals surface area contributed by atoms with Crippen molar-refractivity contribution >= 4 is 44.8 Å². The van der Waals surface area contributed by atoms with Crippen molar-refractivity contribution in [2.24, 2.45) is 0 Å². The molecule has 0 saturated heterocycles. The van der Waals surface area contributed by atoms with E-state index in [4.69, 9.17) is 16.7 Å². The Morgan fingerprint density at radius 1 is 1.09 bits per heavy atom. The van der Waals surface area contributed by atoms with Crippen molar-refractivity contribution in [2.45, 2.75) is 32.6 Å². The van der Waals surface area contributed by atoms with Gasteiger partial charge in [0.25, 0.3) is 0 Å². The molecule has 2 heterocycles. The maximum absolute atomic E-state index is 11.2. The summed E-state index contributed by atoms with van der Waals surface area (Å²) < 4.78 is 1.20. The van der Waals surface area contributed by atoms with E-state index in [1.807, 2.05) is 29.6 Å². The molecule has 0 radical (unpaired) electrons. The fourth-order valence-electron chi connectivity index (χ4n) is 3.77. The number of carboxylic acids is 1. The second-order valence-electron chi connectivity index (χ2n) is 7.68. The molecule has 0 amide bonds. The Labute approximate surface area is 196 Å². The Kier molecular flexibility index (Phi) is 7.02. The first-order valence-electron chi connectivity index (χ1n) is 10.6. The van der Waals surface area contributed by atoms with Crippen molar-refractivity contribution in [2.75, 3.05) is 11.9 Å². The van der Waals surface area contributed by atoms with Gasteiger partial charge in [-0.15, -0.1) is 11.3 Å². The van der Waals surface area contributed by atoms with E-state index in [1.54, 1.807) is 17.7 Å². The highest BCUT2D eigenvalue weighted by molar-refractivity contribution is 7.17. The van der Waals surface area contributed by atoms with Crippen LogP contribution in [0.15, 0.2) is 54.2 Å². The summed E-state index contributed by atoms with van der Waals surface area (Å²) in [5.74, 6) is -0.0552. The maximum Gasteiger partial charge on any atom is 0.307 e. The zero-order valence-corrected chi connectivity index (χ0v) is 19.3. The average Bonchev–Trinajstić information content (AvgIpc) is 3.15. The number of rotatable bonds is 9. The molecule has 0 atom stereocenters. The minimum Gasteiger partial charge on any atom is -0.481 e. The lowest BCUT2D eigenvalue weighted by atomic mass is 9.97. The quantitative estimate of drug-likeness (QED) is 0.305. The number of nitrogens with one attached hydrogen (secondary N) is 1. The SMILES string of the molecule is CCCc1cc(-c2cc(NCCc3ccc4scc(Cl)c4c3)ncn2)ccc1CC(=O)O. The van der Waals surface area contributed by atoms with Crippen LogP contribution < -0.4 is 5.32 Å². The number of benzene rings is 2. The third-order valence-electron chi connectivity index (χ3n) is 5.34. The number of carbonyl (C=O) groups is 1. The number of anilines is 1. The number of halogens is 1. The van der Waals surface area contributed by atoms with Gasteiger partial charge in [-0.3, -0.25) is 4.79 Å². The Morgan fingerprint density at radius 3 is 2.78 bits per heavy atom. The Morgan fingerprint density at radius 2 is 1.97 bits per heavy atom. The fraction of sp³-hybridized carbons (Fsp3) is 0.240. The van der Waals surface area contributed by atoms with E-state index < -0.39 is 5.97 Å². The van der Waals surface area contributed by atoms with Crippen LogP contribution in [0.3, 0.4) is 0 Å². The molecule has 164 valence electrons. The lowest BCUT2D eigenvalue weighted by Gasteiger charge is -2.11. The molecule has 0 saturated carbocycles. The highest BCUT2D eigenvalue weighted by Crippen LogP contribution is 2.30. The van der Waals surface area contributed by atoms with Crippen LogP contribution in [-0.2, 0) is 24.1 Å². The summed E-state index contributed by atoms with van der Waals surface area (Å²) in [4.78, 5) is 19.9. The highest BCUT2D eigenvalue weighted by Gasteiger charge is 2.10. The van der Waals surface area contributed by atoms with E-state index in [0.717, 1.165) is 64.4 Å². The third-order valence-corrected chi connectivity index (χ3v) is 6.75. The Bertz CT molecular complexity index is 1260. The number of aliphatic carboxylic acids is 1. The molecule has 2 N–H and O–H groups in total. The van der Waals surface area contributed by atoms with Gasteiger partial charge >= 0.3 is 5.97 Å². The minimum atomic E-state index is -0.816. The molecule has 2 aromatic carbocycles. The minimum absolute atomic E-state index is 0.0363. The van der Waals surface area contributed by atoms with Crippen LogP contribution in [0.4, 0.5) is 5.82 Å². The van der Waals surface area contributed by atoms with Crippen molar-refractivity contribution < 1.29 is 9.90 Å². The molecular formula is C25H24ClN3O2S. The van der Waals surface area contributed by atoms with Gasteiger partial charge in [0.2, 0.25) is 0 Å². The van der Waals surface area contributed by atoms with Gasteiger partial charge in [-0.25, -0.2) is 9.97 Å². The van der Waals surface area contributed by atoms with Crippen LogP contribution in [0.2, 0.25) is 5.02 Å². The summed E-state index contributed by atoms with van der Waals surface area (Å²) in [6, 6.07) is 14.2. The van der Waals surface area contributed by atoms with Crippen molar-refractivity contribution in [3.05, 3.63) is 75.9 Å². The fourth-order valence-corrected chi connectivity index (χ4v) is 4.92. The summed E-state index contributed by atoms with van der Waals surface area (Å²) in [6.07, 6.45) is 4.24. The number of thiophene rings is 1. The first-order chi connectivity index (χ1) is 15.5. The van der Waals surface area contributed by atoms with E-state index >= 15 is 0 Å². The number of carboxylic acid groups (broad SMARTS) is 1. The van der Waals surface area contributed by atoms with Crippen LogP contribution >= 0.6 is 22.9 Å². The highest BCUT2D eigenvalue weighted by atomic mass is 35.5. The number of nitrogens with zero attached hydrogens (tertiary/aromatic N) is 2. The zero-order chi connectivity index (χ0) is 22.5. The van der Waals surface area contributed by atoms with Gasteiger partial charge in [0, 0.05) is 33.6 Å². The van der Waals surface area contributed by atoms with E-state index in [-0.39, 0.29) is 6.42 Å². The standard InChI is InChI=1S/C25H24ClN3O2S/c1-2-3-17-11-19(6-5-18(17)12-25(30)31)22-13-24(29-15-28-22)27-9-8-16-4-7-23-20(10-16)21(26)14-32-23/h4-7,10-11,13-15H,2-3,8-9,12H2,1H3,(H,30,31)(H,27,28,29). The summed E-state index contributed by atoms with van der Waals surface area (Å²) >= 11 is 7.92. The van der Waals surface area contributed by atoms with Crippen LogP contribution in [0.1, 0.15) is 30.0 Å². The second-order valence-corrected chi connectivity index (χ2v) is 9.00. The molecule has 4 rings (SSSR count). The van der Waals surface area contributed by atoms with E-state index in [2.05, 4.69) is 40.4 Å². The van der Waals surface area contributed by atoms with Gasteiger partial charge in [-0.1, -0.05) is 43.1 Å². The predicted molar refractivity (Wildman–Crippen MR) is 132 cm³/mol. The monoisotopic (exact) mass is 465 g/mol. The molecule has 5 nitrogen and oxygen atoms in total. The Hall–Kier alpha value is -2.96. The average molecular weight is 466 g/mol. The lowest BCUT2D eigenvalue weighted by Crippen LogP contribution is -2.07. The number of aryl methyl sites for hydroxylation is 1. The van der Waals surface area contributed by atoms with Crippen molar-refractivity contribution in [1.29, 1.82) is 0 Å². The molecule has 0 unspecified atom stereocenters. The normalized spacial score (nSPS) is 11.1. The van der Waals surface area contributed by atoms with E-state index in [9.17, 15) is 4.79 Å². The zero-order valence-electron chi connectivity index (χ0n) is 17.8. The summed E-state index contributed by atoms with van der Waals surface area (Å²) in [7, 11) is 0. The summed E-state index contributed by atoms with van der Waals surface area (Å²) in [6.45, 7) is 2.83. The van der Waals surface area contributed by atoms with Crippen LogP contribution in [0, 0.1) is 0 Å². The van der Waals surface area contributed by atoms with Gasteiger partial charge in [-0.2, -0.15) is 0 Å². The van der Waals surface area contributed by atoms with Gasteiger partial charge in [0.05, 0.1) is 17.1 Å². The lowest BCUT2D eigenvalue weighted by molar-refractivity contribution is -0.136. The molecule has 0 aliphatic carbocycles. The summed E-state index contributed by atoms with van der Waals surface area (Å²) in [5, 5.41) is 16.4. The molecule has 7 heteroatoms.